The highest BCUT2D eigenvalue weighted by atomic mass is 19.4. The molecule has 1 heterocycles. The number of hydrogen-bond acceptors (Lipinski definition) is 1. The first-order valence-electron chi connectivity index (χ1n) is 6.85. The van der Waals surface area contributed by atoms with E-state index in [4.69, 9.17) is 5.73 Å². The van der Waals surface area contributed by atoms with Crippen molar-refractivity contribution in [2.45, 2.75) is 32.6 Å². The van der Waals surface area contributed by atoms with E-state index in [2.05, 4.69) is 0 Å². The van der Waals surface area contributed by atoms with Crippen LogP contribution in [0.3, 0.4) is 0 Å². The van der Waals surface area contributed by atoms with Crippen LogP contribution in [0.4, 0.5) is 13.2 Å². The number of alkyl halides is 3. The third kappa shape index (κ3) is 3.88. The lowest BCUT2D eigenvalue weighted by Gasteiger charge is -2.13. The molecule has 0 radical (unpaired) electrons. The van der Waals surface area contributed by atoms with Crippen molar-refractivity contribution in [2.75, 3.05) is 0 Å². The monoisotopic (exact) mass is 296 g/mol. The molecule has 0 aliphatic carbocycles. The van der Waals surface area contributed by atoms with E-state index in [-0.39, 0.29) is 6.04 Å². The molecule has 1 aromatic carbocycles. The molecule has 0 spiro atoms. The standard InChI is InChI=1S/C16H19F3N2/c1-11(2)15(20)13-6-7-21(10-13)9-12-4-3-5-14(8-12)16(17,18)19/h3-8,10-11,15H,9,20H2,1-2H3. The van der Waals surface area contributed by atoms with Gasteiger partial charge in [-0.15, -0.1) is 0 Å². The molecule has 2 aromatic rings. The minimum atomic E-state index is -4.31. The molecule has 0 amide bonds. The number of rotatable bonds is 4. The molecular weight excluding hydrogens is 277 g/mol. The second kappa shape index (κ2) is 5.93. The van der Waals surface area contributed by atoms with Gasteiger partial charge in [0.15, 0.2) is 0 Å². The van der Waals surface area contributed by atoms with Crippen molar-refractivity contribution in [3.63, 3.8) is 0 Å². The average molecular weight is 296 g/mol. The highest BCUT2D eigenvalue weighted by molar-refractivity contribution is 5.26. The Morgan fingerprint density at radius 1 is 1.19 bits per heavy atom. The van der Waals surface area contributed by atoms with Crippen LogP contribution in [0.2, 0.25) is 0 Å². The summed E-state index contributed by atoms with van der Waals surface area (Å²) in [5.74, 6) is 0.314. The molecule has 0 bridgehead atoms. The maximum absolute atomic E-state index is 12.7. The first-order valence-corrected chi connectivity index (χ1v) is 6.85. The molecule has 1 aromatic heterocycles. The largest absolute Gasteiger partial charge is 0.416 e. The second-order valence-corrected chi connectivity index (χ2v) is 5.59. The van der Waals surface area contributed by atoms with E-state index in [1.165, 1.54) is 12.1 Å². The van der Waals surface area contributed by atoms with E-state index in [0.29, 0.717) is 18.0 Å². The van der Waals surface area contributed by atoms with E-state index in [1.807, 2.05) is 36.9 Å². The lowest BCUT2D eigenvalue weighted by Crippen LogP contribution is -2.15. The molecule has 0 saturated carbocycles. The molecule has 2 nitrogen and oxygen atoms in total. The Labute approximate surface area is 122 Å². The summed E-state index contributed by atoms with van der Waals surface area (Å²) < 4.78 is 39.9. The van der Waals surface area contributed by atoms with Gasteiger partial charge in [-0.05, 0) is 35.2 Å². The number of halogens is 3. The summed E-state index contributed by atoms with van der Waals surface area (Å²) in [5.41, 5.74) is 7.06. The van der Waals surface area contributed by atoms with Crippen LogP contribution in [0.5, 0.6) is 0 Å². The van der Waals surface area contributed by atoms with Gasteiger partial charge in [-0.25, -0.2) is 0 Å². The molecule has 1 atom stereocenters. The number of benzene rings is 1. The van der Waals surface area contributed by atoms with Gasteiger partial charge >= 0.3 is 6.18 Å². The lowest BCUT2D eigenvalue weighted by molar-refractivity contribution is -0.137. The van der Waals surface area contributed by atoms with Gasteiger partial charge in [0, 0.05) is 25.0 Å². The zero-order chi connectivity index (χ0) is 15.6. The number of nitrogens with two attached hydrogens (primary N) is 1. The van der Waals surface area contributed by atoms with E-state index in [9.17, 15) is 13.2 Å². The van der Waals surface area contributed by atoms with Crippen LogP contribution < -0.4 is 5.73 Å². The summed E-state index contributed by atoms with van der Waals surface area (Å²) in [7, 11) is 0. The zero-order valence-corrected chi connectivity index (χ0v) is 12.1. The fourth-order valence-electron chi connectivity index (χ4n) is 2.20. The smallest absolute Gasteiger partial charge is 0.350 e. The van der Waals surface area contributed by atoms with Crippen LogP contribution in [-0.4, -0.2) is 4.57 Å². The summed E-state index contributed by atoms with van der Waals surface area (Å²) >= 11 is 0. The Bertz CT molecular complexity index is 600. The third-order valence-electron chi connectivity index (χ3n) is 3.50. The molecule has 0 aliphatic heterocycles. The van der Waals surface area contributed by atoms with Gasteiger partial charge in [-0.3, -0.25) is 0 Å². The molecule has 2 N–H and O–H groups in total. The number of hydrogen-bond donors (Lipinski definition) is 1. The van der Waals surface area contributed by atoms with Crippen molar-refractivity contribution in [3.8, 4) is 0 Å². The Morgan fingerprint density at radius 3 is 2.52 bits per heavy atom. The molecule has 2 rings (SSSR count). The van der Waals surface area contributed by atoms with E-state index >= 15 is 0 Å². The van der Waals surface area contributed by atoms with Crippen LogP contribution >= 0.6 is 0 Å². The van der Waals surface area contributed by atoms with E-state index in [0.717, 1.165) is 11.6 Å². The average Bonchev–Trinajstić information content (AvgIpc) is 2.85. The Balaban J connectivity index is 2.16. The first kappa shape index (κ1) is 15.6. The fraction of sp³-hybridized carbons (Fsp3) is 0.375. The van der Waals surface area contributed by atoms with Crippen LogP contribution in [0, 0.1) is 5.92 Å². The highest BCUT2D eigenvalue weighted by Crippen LogP contribution is 2.29. The van der Waals surface area contributed by atoms with Gasteiger partial charge in [0.1, 0.15) is 0 Å². The predicted molar refractivity (Wildman–Crippen MR) is 76.7 cm³/mol. The van der Waals surface area contributed by atoms with Crippen molar-refractivity contribution < 1.29 is 13.2 Å². The maximum atomic E-state index is 12.7. The molecule has 0 fully saturated rings. The molecular formula is C16H19F3N2. The SMILES string of the molecule is CC(C)C(N)c1ccn(Cc2cccc(C(F)(F)F)c2)c1. The van der Waals surface area contributed by atoms with Gasteiger partial charge in [-0.2, -0.15) is 13.2 Å². The number of aromatic nitrogens is 1. The van der Waals surface area contributed by atoms with Crippen molar-refractivity contribution in [3.05, 3.63) is 59.4 Å². The maximum Gasteiger partial charge on any atom is 0.416 e. The predicted octanol–water partition coefficient (Wildman–Crippen LogP) is 4.21. The van der Waals surface area contributed by atoms with Crippen molar-refractivity contribution in [1.29, 1.82) is 0 Å². The van der Waals surface area contributed by atoms with Crippen molar-refractivity contribution >= 4 is 0 Å². The summed E-state index contributed by atoms with van der Waals surface area (Å²) in [5, 5.41) is 0. The Hall–Kier alpha value is -1.75. The summed E-state index contributed by atoms with van der Waals surface area (Å²) in [6, 6.07) is 7.24. The summed E-state index contributed by atoms with van der Waals surface area (Å²) in [6.07, 6.45) is -0.569. The summed E-state index contributed by atoms with van der Waals surface area (Å²) in [4.78, 5) is 0. The molecule has 1 unspecified atom stereocenters. The highest BCUT2D eigenvalue weighted by Gasteiger charge is 2.30. The minimum Gasteiger partial charge on any atom is -0.350 e. The van der Waals surface area contributed by atoms with Gasteiger partial charge in [0.25, 0.3) is 0 Å². The van der Waals surface area contributed by atoms with E-state index in [1.54, 1.807) is 6.07 Å². The topological polar surface area (TPSA) is 30.9 Å². The van der Waals surface area contributed by atoms with Crippen LogP contribution in [0.1, 0.15) is 36.6 Å². The molecule has 21 heavy (non-hydrogen) atoms. The minimum absolute atomic E-state index is 0.0623. The Morgan fingerprint density at radius 2 is 1.90 bits per heavy atom. The van der Waals surface area contributed by atoms with Gasteiger partial charge in [-0.1, -0.05) is 26.0 Å². The number of nitrogens with zero attached hydrogens (tertiary/aromatic N) is 1. The van der Waals surface area contributed by atoms with Gasteiger partial charge < -0.3 is 10.3 Å². The van der Waals surface area contributed by atoms with Crippen LogP contribution in [-0.2, 0) is 12.7 Å². The van der Waals surface area contributed by atoms with Crippen molar-refractivity contribution in [2.24, 2.45) is 11.7 Å². The normalized spacial score (nSPS) is 13.7. The van der Waals surface area contributed by atoms with Gasteiger partial charge in [0.05, 0.1) is 5.56 Å². The second-order valence-electron chi connectivity index (χ2n) is 5.59. The molecule has 0 aliphatic rings. The van der Waals surface area contributed by atoms with Gasteiger partial charge in [0.2, 0.25) is 0 Å². The third-order valence-corrected chi connectivity index (χ3v) is 3.50. The zero-order valence-electron chi connectivity index (χ0n) is 12.1. The molecule has 0 saturated heterocycles. The fourth-order valence-corrected chi connectivity index (χ4v) is 2.20. The lowest BCUT2D eigenvalue weighted by atomic mass is 10.00. The quantitative estimate of drug-likeness (QED) is 0.900. The van der Waals surface area contributed by atoms with Crippen LogP contribution in [0.25, 0.3) is 0 Å². The van der Waals surface area contributed by atoms with Crippen LogP contribution in [0.15, 0.2) is 42.7 Å². The van der Waals surface area contributed by atoms with Crippen molar-refractivity contribution in [1.82, 2.24) is 4.57 Å². The first-order chi connectivity index (χ1) is 9.77. The molecule has 114 valence electrons. The van der Waals surface area contributed by atoms with E-state index < -0.39 is 11.7 Å². The Kier molecular flexibility index (Phi) is 4.42. The summed E-state index contributed by atoms with van der Waals surface area (Å²) in [6.45, 7) is 4.47. The molecule has 5 heteroatoms.